The Balaban J connectivity index is -0.0000000720. The second kappa shape index (κ2) is 12.2. The van der Waals surface area contributed by atoms with Crippen molar-refractivity contribution < 1.29 is 30.1 Å². The molecule has 0 aromatic carbocycles. The zero-order valence-electron chi connectivity index (χ0n) is 4.47. The molecule has 0 radical (unpaired) electrons. The fourth-order valence-corrected chi connectivity index (χ4v) is 0. The molecule has 0 rings (SSSR count). The Labute approximate surface area is 92.6 Å². The van der Waals surface area contributed by atoms with Crippen LogP contribution in [0.5, 0.6) is 0 Å². The van der Waals surface area contributed by atoms with E-state index in [2.05, 4.69) is 0 Å². The summed E-state index contributed by atoms with van der Waals surface area (Å²) in [5.41, 5.74) is 0. The van der Waals surface area contributed by atoms with Crippen molar-refractivity contribution in [2.24, 2.45) is 0 Å². The van der Waals surface area contributed by atoms with Crippen LogP contribution in [-0.2, 0) is 0 Å². The molecule has 0 fully saturated rings. The molecule has 0 aromatic rings. The summed E-state index contributed by atoms with van der Waals surface area (Å²) in [6.07, 6.45) is 0. The third-order valence-electron chi connectivity index (χ3n) is 0. The molecule has 0 saturated carbocycles. The summed E-state index contributed by atoms with van der Waals surface area (Å²) in [6.45, 7) is 0. The fraction of sp³-hybridized carbons (Fsp3) is 0. The predicted octanol–water partition coefficient (Wildman–Crippen LogP) is -5.75. The number of hydrogen-bond acceptors (Lipinski definition) is 6. The molecule has 0 aliphatic rings. The van der Waals surface area contributed by atoms with Crippen molar-refractivity contribution in [3.8, 4) is 0 Å². The van der Waals surface area contributed by atoms with Gasteiger partial charge in [0.2, 0.25) is 0 Å². The van der Waals surface area contributed by atoms with E-state index in [9.17, 15) is 0 Å². The van der Waals surface area contributed by atoms with E-state index in [1.165, 1.54) is 0 Å². The van der Waals surface area contributed by atoms with E-state index in [1.54, 1.807) is 0 Å². The molecule has 48 valence electrons. The van der Waals surface area contributed by atoms with Crippen molar-refractivity contribution in [1.82, 2.24) is 0 Å². The summed E-state index contributed by atoms with van der Waals surface area (Å²) in [6, 6.07) is 0. The molecular formula is H4B2BaO6. The molecule has 0 aliphatic heterocycles. The molecule has 0 aliphatic carbocycles. The molecule has 0 heterocycles. The first-order valence-corrected chi connectivity index (χ1v) is 1.50. The second-order valence-corrected chi connectivity index (χ2v) is 0.653. The SMILES string of the molecule is OB(O)O.[Ba+2].[O-]B([O-])O. The van der Waals surface area contributed by atoms with Gasteiger partial charge in [0.05, 0.1) is 7.32 Å². The Hall–Kier alpha value is 1.46. The van der Waals surface area contributed by atoms with Gasteiger partial charge in [-0.3, -0.25) is 0 Å². The van der Waals surface area contributed by atoms with Crippen LogP contribution >= 0.6 is 0 Å². The summed E-state index contributed by atoms with van der Waals surface area (Å²) in [7, 11) is -4.83. The van der Waals surface area contributed by atoms with Crippen LogP contribution in [0.1, 0.15) is 0 Å². The quantitative estimate of drug-likeness (QED) is 0.321. The average Bonchev–Trinajstić information content (AvgIpc) is 1.25. The Morgan fingerprint density at radius 1 is 0.889 bits per heavy atom. The van der Waals surface area contributed by atoms with Crippen LogP contribution in [0.25, 0.3) is 0 Å². The molecule has 0 amide bonds. The van der Waals surface area contributed by atoms with E-state index >= 15 is 0 Å². The van der Waals surface area contributed by atoms with Gasteiger partial charge in [-0.2, -0.15) is 0 Å². The molecule has 0 atom stereocenters. The van der Waals surface area contributed by atoms with Crippen LogP contribution < -0.4 is 10.0 Å². The van der Waals surface area contributed by atoms with Crippen molar-refractivity contribution in [2.45, 2.75) is 0 Å². The molecular weight excluding hydrogens is 255 g/mol. The summed E-state index contributed by atoms with van der Waals surface area (Å²) in [5.74, 6) is 0. The molecule has 0 spiro atoms. The van der Waals surface area contributed by atoms with E-state index < -0.39 is 14.6 Å². The Bertz CT molecular complexity index is 26.5. The molecule has 9 heavy (non-hydrogen) atoms. The van der Waals surface area contributed by atoms with Crippen LogP contribution in [0.3, 0.4) is 0 Å². The van der Waals surface area contributed by atoms with E-state index in [0.717, 1.165) is 0 Å². The Kier molecular flexibility index (Phi) is 22.7. The van der Waals surface area contributed by atoms with Crippen LogP contribution in [0.15, 0.2) is 0 Å². The van der Waals surface area contributed by atoms with E-state index in [4.69, 9.17) is 30.1 Å². The monoisotopic (exact) mass is 260 g/mol. The van der Waals surface area contributed by atoms with E-state index in [1.807, 2.05) is 0 Å². The van der Waals surface area contributed by atoms with Crippen molar-refractivity contribution in [3.05, 3.63) is 0 Å². The largest absolute Gasteiger partial charge is 2.00 e. The van der Waals surface area contributed by atoms with Gasteiger partial charge in [0.15, 0.2) is 0 Å². The van der Waals surface area contributed by atoms with Gasteiger partial charge in [-0.1, -0.05) is 0 Å². The molecule has 9 heteroatoms. The van der Waals surface area contributed by atoms with Gasteiger partial charge in [0.1, 0.15) is 0 Å². The molecule has 0 bridgehead atoms. The maximum absolute atomic E-state index is 8.53. The fourth-order valence-electron chi connectivity index (χ4n) is 0. The van der Waals surface area contributed by atoms with E-state index in [-0.39, 0.29) is 48.9 Å². The number of rotatable bonds is 0. The van der Waals surface area contributed by atoms with Crippen molar-refractivity contribution in [3.63, 3.8) is 0 Å². The first-order valence-electron chi connectivity index (χ1n) is 1.50. The summed E-state index contributed by atoms with van der Waals surface area (Å²) in [4.78, 5) is 0. The minimum absolute atomic E-state index is 0. The average molecular weight is 259 g/mol. The van der Waals surface area contributed by atoms with Gasteiger partial charge in [0, 0.05) is 0 Å². The minimum Gasteiger partial charge on any atom is -0.871 e. The summed E-state index contributed by atoms with van der Waals surface area (Å²) in [5, 5.41) is 45.5. The molecule has 0 aromatic heterocycles. The molecule has 0 saturated heterocycles. The first kappa shape index (κ1) is 16.8. The third-order valence-corrected chi connectivity index (χ3v) is 0. The van der Waals surface area contributed by atoms with Crippen LogP contribution in [-0.4, -0.2) is 83.6 Å². The second-order valence-electron chi connectivity index (χ2n) is 0.653. The van der Waals surface area contributed by atoms with Gasteiger partial charge in [-0.05, 0) is 0 Å². The first-order chi connectivity index (χ1) is 3.46. The van der Waals surface area contributed by atoms with Gasteiger partial charge < -0.3 is 30.1 Å². The molecule has 4 N–H and O–H groups in total. The smallest absolute Gasteiger partial charge is 0.871 e. The van der Waals surface area contributed by atoms with Gasteiger partial charge in [-0.25, -0.2) is 0 Å². The molecule has 0 unspecified atom stereocenters. The van der Waals surface area contributed by atoms with Crippen molar-refractivity contribution in [1.29, 1.82) is 0 Å². The third kappa shape index (κ3) is 247. The zero-order chi connectivity index (χ0) is 7.15. The Morgan fingerprint density at radius 2 is 0.889 bits per heavy atom. The standard InChI is InChI=1S/BH3O3.BHO3.Ba/c2*2-1(3)4;/h2-4H;2H;/q;-2;+2. The predicted molar refractivity (Wildman–Crippen MR) is 26.1 cm³/mol. The van der Waals surface area contributed by atoms with Gasteiger partial charge >= 0.3 is 56.2 Å². The van der Waals surface area contributed by atoms with Crippen molar-refractivity contribution in [2.75, 3.05) is 0 Å². The summed E-state index contributed by atoms with van der Waals surface area (Å²) < 4.78 is 0. The summed E-state index contributed by atoms with van der Waals surface area (Å²) >= 11 is 0. The van der Waals surface area contributed by atoms with Crippen LogP contribution in [0, 0.1) is 0 Å². The zero-order valence-corrected chi connectivity index (χ0v) is 8.91. The molecule has 6 nitrogen and oxygen atoms in total. The van der Waals surface area contributed by atoms with Crippen LogP contribution in [0.2, 0.25) is 0 Å². The van der Waals surface area contributed by atoms with Gasteiger partial charge in [0.25, 0.3) is 0 Å². The van der Waals surface area contributed by atoms with Gasteiger partial charge in [-0.15, -0.1) is 0 Å². The Morgan fingerprint density at radius 3 is 0.889 bits per heavy atom. The van der Waals surface area contributed by atoms with E-state index in [0.29, 0.717) is 0 Å². The minimum atomic E-state index is -2.67. The normalized spacial score (nSPS) is 6.00. The number of hydrogen-bond donors (Lipinski definition) is 4. The topological polar surface area (TPSA) is 127 Å². The van der Waals surface area contributed by atoms with Crippen molar-refractivity contribution >= 4 is 63.5 Å². The maximum Gasteiger partial charge on any atom is 2.00 e. The maximum atomic E-state index is 8.53. The van der Waals surface area contributed by atoms with Crippen LogP contribution in [0.4, 0.5) is 0 Å².